The highest BCUT2D eigenvalue weighted by Gasteiger charge is 2.27. The average molecular weight is 921 g/mol. The van der Waals surface area contributed by atoms with Gasteiger partial charge in [0.15, 0.2) is 0 Å². The van der Waals surface area contributed by atoms with Crippen molar-refractivity contribution in [2.45, 2.75) is 19.6 Å². The van der Waals surface area contributed by atoms with Gasteiger partial charge in [-0.2, -0.15) is 0 Å². The SMILES string of the molecule is C[Si](C)(C)c1ccc(N(c2ccccc2)c2ccc(-c3ccc4cc5c6c(cccc6c4c3)Oc3cc(N(c4ccccc4)c4c(F)cc(-c6ccccc6)cc4-c4ccccc4)ccc3-5)cc2)cc1. The van der Waals surface area contributed by atoms with E-state index in [2.05, 4.69) is 170 Å². The lowest BCUT2D eigenvalue weighted by Crippen LogP contribution is -2.37. The van der Waals surface area contributed by atoms with Crippen LogP contribution in [0.4, 0.5) is 38.5 Å². The van der Waals surface area contributed by atoms with Crippen molar-refractivity contribution >= 4 is 68.9 Å². The third-order valence-corrected chi connectivity index (χ3v) is 15.7. The van der Waals surface area contributed by atoms with Crippen molar-refractivity contribution in [1.29, 1.82) is 0 Å². The number of anilines is 6. The Labute approximate surface area is 410 Å². The molecule has 1 heterocycles. The van der Waals surface area contributed by atoms with Crippen LogP contribution < -0.4 is 19.7 Å². The second-order valence-corrected chi connectivity index (χ2v) is 24.2. The van der Waals surface area contributed by atoms with Crippen molar-refractivity contribution in [2.24, 2.45) is 0 Å². The number of fused-ring (bicyclic) bond motifs is 4. The minimum atomic E-state index is -1.44. The molecule has 11 aromatic carbocycles. The zero-order valence-corrected chi connectivity index (χ0v) is 40.3. The lowest BCUT2D eigenvalue weighted by Gasteiger charge is -2.30. The molecule has 5 heteroatoms. The van der Waals surface area contributed by atoms with Gasteiger partial charge >= 0.3 is 0 Å². The highest BCUT2D eigenvalue weighted by Crippen LogP contribution is 2.52. The maximum Gasteiger partial charge on any atom is 0.148 e. The van der Waals surface area contributed by atoms with Crippen LogP contribution in [0.1, 0.15) is 0 Å². The van der Waals surface area contributed by atoms with Crippen LogP contribution in [-0.2, 0) is 0 Å². The van der Waals surface area contributed by atoms with Crippen molar-refractivity contribution < 1.29 is 9.13 Å². The molecule has 0 amide bonds. The number of halogens is 1. The molecule has 1 aliphatic rings. The first kappa shape index (κ1) is 42.8. The van der Waals surface area contributed by atoms with Crippen molar-refractivity contribution in [3.63, 3.8) is 0 Å². The van der Waals surface area contributed by atoms with Crippen molar-refractivity contribution in [2.75, 3.05) is 9.80 Å². The summed E-state index contributed by atoms with van der Waals surface area (Å²) < 4.78 is 24.1. The van der Waals surface area contributed by atoms with E-state index in [0.717, 1.165) is 100 Å². The molecule has 0 radical (unpaired) electrons. The van der Waals surface area contributed by atoms with Crippen LogP contribution in [-0.4, -0.2) is 8.07 Å². The molecule has 70 heavy (non-hydrogen) atoms. The van der Waals surface area contributed by atoms with E-state index in [-0.39, 0.29) is 5.82 Å². The number of rotatable bonds is 10. The molecule has 3 nitrogen and oxygen atoms in total. The van der Waals surface area contributed by atoms with Crippen LogP contribution >= 0.6 is 0 Å². The standard InChI is InChI=1S/C65H49FN2OSi/c1-70(2,3)55-36-33-53(34-37-55)67(50-21-12-6-13-22-50)52-31-29-45(30-32-52)47-27-28-48-40-60-56-38-35-54(43-63(56)69-62-26-16-25-57(64(60)62)58(48)39-47)68(51-23-14-7-15-24-51)65-59(46-19-10-5-11-20-46)41-49(42-61(65)66)44-17-8-4-9-18-44/h4-43H,1-3H3. The van der Waals surface area contributed by atoms with Gasteiger partial charge in [-0.1, -0.05) is 170 Å². The van der Waals surface area contributed by atoms with Crippen LogP contribution in [0, 0.1) is 5.82 Å². The van der Waals surface area contributed by atoms with E-state index < -0.39 is 8.07 Å². The molecule has 12 rings (SSSR count). The quantitative estimate of drug-likeness (QED) is 0.100. The number of hydrogen-bond acceptors (Lipinski definition) is 3. The molecule has 11 aromatic rings. The molecule has 1 aliphatic heterocycles. The molecule has 336 valence electrons. The Morgan fingerprint density at radius 1 is 0.357 bits per heavy atom. The summed E-state index contributed by atoms with van der Waals surface area (Å²) in [7, 11) is -1.44. The number of para-hydroxylation sites is 2. The molecule has 0 bridgehead atoms. The van der Waals surface area contributed by atoms with Gasteiger partial charge in [0.2, 0.25) is 0 Å². The Balaban J connectivity index is 0.927. The van der Waals surface area contributed by atoms with Gasteiger partial charge in [0.25, 0.3) is 0 Å². The largest absolute Gasteiger partial charge is 0.456 e. The second kappa shape index (κ2) is 17.5. The molecule has 0 saturated heterocycles. The van der Waals surface area contributed by atoms with Gasteiger partial charge in [-0.25, -0.2) is 4.39 Å². The highest BCUT2D eigenvalue weighted by molar-refractivity contribution is 6.88. The molecule has 0 aliphatic carbocycles. The van der Waals surface area contributed by atoms with E-state index in [1.165, 1.54) is 5.19 Å². The van der Waals surface area contributed by atoms with Crippen LogP contribution in [0.2, 0.25) is 19.6 Å². The molecule has 0 fully saturated rings. The van der Waals surface area contributed by atoms with Gasteiger partial charge < -0.3 is 14.5 Å². The van der Waals surface area contributed by atoms with E-state index in [1.54, 1.807) is 6.07 Å². The molecule has 0 saturated carbocycles. The topological polar surface area (TPSA) is 15.7 Å². The maximum absolute atomic E-state index is 17.2. The smallest absolute Gasteiger partial charge is 0.148 e. The first-order valence-electron chi connectivity index (χ1n) is 23.9. The minimum absolute atomic E-state index is 0.322. The average Bonchev–Trinajstić information content (AvgIpc) is 3.40. The third-order valence-electron chi connectivity index (χ3n) is 13.6. The maximum atomic E-state index is 17.2. The Bertz CT molecular complexity index is 3710. The highest BCUT2D eigenvalue weighted by atomic mass is 28.3. The first-order chi connectivity index (χ1) is 34.2. The summed E-state index contributed by atoms with van der Waals surface area (Å²) in [5.74, 6) is 1.19. The summed E-state index contributed by atoms with van der Waals surface area (Å²) in [6.07, 6.45) is 0. The molecular weight excluding hydrogens is 872 g/mol. The zero-order valence-electron chi connectivity index (χ0n) is 39.3. The number of ether oxygens (including phenoxy) is 1. The third kappa shape index (κ3) is 7.80. The van der Waals surface area contributed by atoms with E-state index >= 15 is 4.39 Å². The van der Waals surface area contributed by atoms with Gasteiger partial charge in [0.1, 0.15) is 17.3 Å². The van der Waals surface area contributed by atoms with Gasteiger partial charge in [0, 0.05) is 45.3 Å². The molecule has 0 unspecified atom stereocenters. The monoisotopic (exact) mass is 920 g/mol. The summed E-state index contributed by atoms with van der Waals surface area (Å²) in [5.41, 5.74) is 13.3. The number of benzene rings is 11. The lowest BCUT2D eigenvalue weighted by atomic mass is 9.89. The van der Waals surface area contributed by atoms with Crippen molar-refractivity contribution in [1.82, 2.24) is 0 Å². The number of hydrogen-bond donors (Lipinski definition) is 0. The summed E-state index contributed by atoms with van der Waals surface area (Å²) >= 11 is 0. The van der Waals surface area contributed by atoms with E-state index in [0.29, 0.717) is 11.4 Å². The summed E-state index contributed by atoms with van der Waals surface area (Å²) in [5, 5.41) is 5.97. The van der Waals surface area contributed by atoms with Gasteiger partial charge in [-0.15, -0.1) is 0 Å². The fourth-order valence-corrected chi connectivity index (χ4v) is 11.3. The molecule has 0 N–H and O–H groups in total. The molecular formula is C65H49FN2OSi. The van der Waals surface area contributed by atoms with Crippen LogP contribution in [0.3, 0.4) is 0 Å². The second-order valence-electron chi connectivity index (χ2n) is 19.1. The van der Waals surface area contributed by atoms with Crippen molar-refractivity contribution in [3.8, 4) is 56.0 Å². The summed E-state index contributed by atoms with van der Waals surface area (Å²) in [6, 6.07) is 84.2. The summed E-state index contributed by atoms with van der Waals surface area (Å²) in [4.78, 5) is 4.35. The van der Waals surface area contributed by atoms with E-state index in [9.17, 15) is 0 Å². The first-order valence-corrected chi connectivity index (χ1v) is 27.4. The Morgan fingerprint density at radius 3 is 1.57 bits per heavy atom. The predicted molar refractivity (Wildman–Crippen MR) is 296 cm³/mol. The zero-order chi connectivity index (χ0) is 47.3. The predicted octanol–water partition coefficient (Wildman–Crippen LogP) is 18.4. The van der Waals surface area contributed by atoms with Gasteiger partial charge in [0.05, 0.1) is 19.4 Å². The van der Waals surface area contributed by atoms with E-state index in [1.807, 2.05) is 95.9 Å². The Morgan fingerprint density at radius 2 is 0.914 bits per heavy atom. The van der Waals surface area contributed by atoms with Crippen LogP contribution in [0.15, 0.2) is 243 Å². The summed E-state index contributed by atoms with van der Waals surface area (Å²) in [6.45, 7) is 7.17. The van der Waals surface area contributed by atoms with Crippen LogP contribution in [0.25, 0.3) is 66.1 Å². The van der Waals surface area contributed by atoms with Gasteiger partial charge in [-0.3, -0.25) is 0 Å². The Kier molecular flexibility index (Phi) is 10.7. The lowest BCUT2D eigenvalue weighted by molar-refractivity contribution is 0.487. The molecule has 0 aromatic heterocycles. The number of nitrogens with zero attached hydrogens (tertiary/aromatic N) is 2. The fraction of sp³-hybridized carbons (Fsp3) is 0.0462. The minimum Gasteiger partial charge on any atom is -0.456 e. The molecule has 0 spiro atoms. The fourth-order valence-electron chi connectivity index (χ4n) is 10.1. The van der Waals surface area contributed by atoms with Gasteiger partial charge in [-0.05, 0) is 141 Å². The van der Waals surface area contributed by atoms with E-state index in [4.69, 9.17) is 4.74 Å². The molecule has 0 atom stereocenters. The van der Waals surface area contributed by atoms with Crippen molar-refractivity contribution in [3.05, 3.63) is 248 Å². The van der Waals surface area contributed by atoms with Crippen LogP contribution in [0.5, 0.6) is 11.5 Å². The normalized spacial score (nSPS) is 11.8. The Hall–Kier alpha value is -8.51.